The van der Waals surface area contributed by atoms with Crippen LogP contribution in [0.15, 0.2) is 22.6 Å². The highest BCUT2D eigenvalue weighted by atomic mass is 16.3. The predicted molar refractivity (Wildman–Crippen MR) is 103 cm³/mol. The van der Waals surface area contributed by atoms with Crippen molar-refractivity contribution in [2.45, 2.75) is 72.4 Å². The molecule has 1 aromatic heterocycles. The minimum Gasteiger partial charge on any atom is -0.454 e. The molecule has 2 aliphatic rings. The van der Waals surface area contributed by atoms with Crippen molar-refractivity contribution in [1.29, 1.82) is 0 Å². The number of benzene rings is 1. The predicted octanol–water partition coefficient (Wildman–Crippen LogP) is 6.10. The molecule has 1 fully saturated rings. The number of hydrogen-bond acceptors (Lipinski definition) is 2. The Morgan fingerprint density at radius 1 is 1.17 bits per heavy atom. The first-order valence-electron chi connectivity index (χ1n) is 9.23. The molecule has 0 unspecified atom stereocenters. The summed E-state index contributed by atoms with van der Waals surface area (Å²) in [4.78, 5) is 2.63. The maximum atomic E-state index is 6.40. The molecule has 0 amide bonds. The van der Waals surface area contributed by atoms with Crippen molar-refractivity contribution in [3.8, 4) is 0 Å². The Morgan fingerprint density at radius 3 is 2.58 bits per heavy atom. The molecule has 0 saturated carbocycles. The number of furan rings is 1. The maximum Gasteiger partial charge on any atom is 0.158 e. The quantitative estimate of drug-likeness (QED) is 0.630. The van der Waals surface area contributed by atoms with E-state index in [-0.39, 0.29) is 5.54 Å². The van der Waals surface area contributed by atoms with Crippen LogP contribution in [0, 0.1) is 12.3 Å². The minimum absolute atomic E-state index is 0.130. The third-order valence-corrected chi connectivity index (χ3v) is 6.30. The van der Waals surface area contributed by atoms with E-state index in [1.54, 1.807) is 0 Å². The van der Waals surface area contributed by atoms with Crippen LogP contribution in [0.3, 0.4) is 0 Å². The van der Waals surface area contributed by atoms with Gasteiger partial charge in [-0.05, 0) is 64.0 Å². The van der Waals surface area contributed by atoms with Crippen LogP contribution < -0.4 is 4.90 Å². The highest BCUT2D eigenvalue weighted by Crippen LogP contribution is 2.51. The van der Waals surface area contributed by atoms with Gasteiger partial charge in [0.25, 0.3) is 0 Å². The monoisotopic (exact) mass is 323 g/mol. The first-order chi connectivity index (χ1) is 11.2. The topological polar surface area (TPSA) is 16.4 Å². The van der Waals surface area contributed by atoms with E-state index in [2.05, 4.69) is 70.7 Å². The highest BCUT2D eigenvalue weighted by Gasteiger charge is 2.49. The zero-order chi connectivity index (χ0) is 17.3. The zero-order valence-corrected chi connectivity index (χ0v) is 15.9. The molecule has 24 heavy (non-hydrogen) atoms. The summed E-state index contributed by atoms with van der Waals surface area (Å²) < 4.78 is 6.40. The lowest BCUT2D eigenvalue weighted by molar-refractivity contribution is 0.329. The van der Waals surface area contributed by atoms with E-state index >= 15 is 0 Å². The third kappa shape index (κ3) is 2.08. The molecule has 0 N–H and O–H groups in total. The van der Waals surface area contributed by atoms with Gasteiger partial charge in [-0.25, -0.2) is 0 Å². The fraction of sp³-hybridized carbons (Fsp3) is 0.545. The number of allylic oxidation sites excluding steroid dienone is 1. The van der Waals surface area contributed by atoms with E-state index in [4.69, 9.17) is 4.42 Å². The van der Waals surface area contributed by atoms with Crippen LogP contribution in [0.1, 0.15) is 64.3 Å². The van der Waals surface area contributed by atoms with Crippen LogP contribution in [0.5, 0.6) is 0 Å². The van der Waals surface area contributed by atoms with Crippen LogP contribution in [0.2, 0.25) is 0 Å². The third-order valence-electron chi connectivity index (χ3n) is 6.30. The minimum atomic E-state index is 0.130. The molecule has 4 rings (SSSR count). The van der Waals surface area contributed by atoms with Gasteiger partial charge in [0, 0.05) is 22.5 Å². The van der Waals surface area contributed by atoms with Gasteiger partial charge in [-0.15, -0.1) is 0 Å². The highest BCUT2D eigenvalue weighted by molar-refractivity contribution is 5.96. The molecule has 128 valence electrons. The van der Waals surface area contributed by atoms with Gasteiger partial charge in [-0.1, -0.05) is 32.1 Å². The molecule has 1 saturated heterocycles. The van der Waals surface area contributed by atoms with Crippen LogP contribution in [0.4, 0.5) is 5.69 Å². The molecule has 1 atom stereocenters. The van der Waals surface area contributed by atoms with Crippen molar-refractivity contribution < 1.29 is 4.42 Å². The number of hydrogen-bond donors (Lipinski definition) is 0. The Bertz CT molecular complexity index is 837. The van der Waals surface area contributed by atoms with E-state index in [1.807, 2.05) is 0 Å². The molecule has 1 aliphatic heterocycles. The molecule has 0 radical (unpaired) electrons. The molecular weight excluding hydrogens is 294 g/mol. The smallest absolute Gasteiger partial charge is 0.158 e. The summed E-state index contributed by atoms with van der Waals surface area (Å²) in [5, 5.41) is 1.31. The van der Waals surface area contributed by atoms with Gasteiger partial charge < -0.3 is 9.32 Å². The normalized spacial score (nSPS) is 24.6. The van der Waals surface area contributed by atoms with E-state index < -0.39 is 0 Å². The SMILES string of the molecule is Cc1ccc2c3c(oc2c1N1[C@@H](C)C(C)(C)CC1(C)C)C=CCC3. The van der Waals surface area contributed by atoms with Crippen LogP contribution in [-0.2, 0) is 6.42 Å². The zero-order valence-electron chi connectivity index (χ0n) is 15.9. The van der Waals surface area contributed by atoms with Crippen molar-refractivity contribution in [1.82, 2.24) is 0 Å². The van der Waals surface area contributed by atoms with Gasteiger partial charge >= 0.3 is 0 Å². The van der Waals surface area contributed by atoms with Gasteiger partial charge in [-0.3, -0.25) is 0 Å². The number of fused-ring (bicyclic) bond motifs is 3. The molecule has 0 spiro atoms. The standard InChI is InChI=1S/C22H29NO/c1-14-11-12-17-16-9-7-8-10-18(16)24-20(17)19(14)23-15(2)21(3,4)13-22(23,5)6/h8,10-12,15H,7,9,13H2,1-6H3/t15-/m0/s1. The summed E-state index contributed by atoms with van der Waals surface area (Å²) in [7, 11) is 0. The maximum absolute atomic E-state index is 6.40. The fourth-order valence-corrected chi connectivity index (χ4v) is 5.14. The second-order valence-corrected chi connectivity index (χ2v) is 9.02. The first kappa shape index (κ1) is 15.8. The van der Waals surface area contributed by atoms with Crippen molar-refractivity contribution in [3.63, 3.8) is 0 Å². The number of nitrogens with zero attached hydrogens (tertiary/aromatic N) is 1. The molecule has 1 aromatic carbocycles. The number of anilines is 1. The van der Waals surface area contributed by atoms with E-state index in [0.29, 0.717) is 11.5 Å². The van der Waals surface area contributed by atoms with Crippen molar-refractivity contribution in [2.75, 3.05) is 4.90 Å². The summed E-state index contributed by atoms with van der Waals surface area (Å²) in [6, 6.07) is 5.02. The van der Waals surface area contributed by atoms with Gasteiger partial charge in [0.2, 0.25) is 0 Å². The Kier molecular flexibility index (Phi) is 3.23. The van der Waals surface area contributed by atoms with Crippen molar-refractivity contribution in [2.24, 2.45) is 5.41 Å². The van der Waals surface area contributed by atoms with Crippen molar-refractivity contribution in [3.05, 3.63) is 35.1 Å². The second kappa shape index (κ2) is 4.91. The fourth-order valence-electron chi connectivity index (χ4n) is 5.14. The molecule has 2 aromatic rings. The average Bonchev–Trinajstić information content (AvgIpc) is 2.93. The molecule has 2 heterocycles. The lowest BCUT2D eigenvalue weighted by Crippen LogP contribution is -2.43. The second-order valence-electron chi connectivity index (χ2n) is 9.02. The van der Waals surface area contributed by atoms with E-state index in [0.717, 1.165) is 24.2 Å². The Balaban J connectivity index is 1.98. The number of rotatable bonds is 1. The van der Waals surface area contributed by atoms with Crippen LogP contribution >= 0.6 is 0 Å². The Morgan fingerprint density at radius 2 is 1.92 bits per heavy atom. The average molecular weight is 323 g/mol. The molecule has 0 bridgehead atoms. The summed E-state index contributed by atoms with van der Waals surface area (Å²) in [5.74, 6) is 1.06. The summed E-state index contributed by atoms with van der Waals surface area (Å²) >= 11 is 0. The summed E-state index contributed by atoms with van der Waals surface area (Å²) in [6.45, 7) is 14.1. The first-order valence-corrected chi connectivity index (χ1v) is 9.23. The van der Waals surface area contributed by atoms with E-state index in [9.17, 15) is 0 Å². The van der Waals surface area contributed by atoms with Gasteiger partial charge in [0.15, 0.2) is 5.58 Å². The Labute approximate surface area is 145 Å². The van der Waals surface area contributed by atoms with Crippen molar-refractivity contribution >= 4 is 22.7 Å². The molecular formula is C22H29NO. The molecule has 2 heteroatoms. The van der Waals surface area contributed by atoms with Gasteiger partial charge in [0.1, 0.15) is 5.76 Å². The summed E-state index contributed by atoms with van der Waals surface area (Å²) in [6.07, 6.45) is 7.77. The van der Waals surface area contributed by atoms with Gasteiger partial charge in [-0.2, -0.15) is 0 Å². The van der Waals surface area contributed by atoms with Gasteiger partial charge in [0.05, 0.1) is 5.69 Å². The molecule has 1 aliphatic carbocycles. The molecule has 2 nitrogen and oxygen atoms in total. The van der Waals surface area contributed by atoms with Crippen LogP contribution in [-0.4, -0.2) is 11.6 Å². The lowest BCUT2D eigenvalue weighted by atomic mass is 9.82. The lowest BCUT2D eigenvalue weighted by Gasteiger charge is -2.38. The number of aryl methyl sites for hydroxylation is 2. The van der Waals surface area contributed by atoms with E-state index in [1.165, 1.54) is 28.6 Å². The largest absolute Gasteiger partial charge is 0.454 e. The van der Waals surface area contributed by atoms with Crippen LogP contribution in [0.25, 0.3) is 17.0 Å². The summed E-state index contributed by atoms with van der Waals surface area (Å²) in [5.41, 5.74) is 5.52. The Hall–Kier alpha value is -1.70.